The molecule has 1 aliphatic rings. The molecule has 1 amide bonds. The van der Waals surface area contributed by atoms with Crippen LogP contribution >= 0.6 is 12.2 Å². The minimum Gasteiger partial charge on any atom is -0.393 e. The Hall–Kier alpha value is -0.680. The molecule has 1 rings (SSSR count). The number of ether oxygens (including phenoxy) is 1. The van der Waals surface area contributed by atoms with E-state index < -0.39 is 0 Å². The Morgan fingerprint density at radius 2 is 2.43 bits per heavy atom. The number of amides is 1. The van der Waals surface area contributed by atoms with Crippen LogP contribution in [-0.4, -0.2) is 41.6 Å². The van der Waals surface area contributed by atoms with Crippen LogP contribution < -0.4 is 5.73 Å². The number of morpholine rings is 1. The standard InChI is InChI=1S/C9H16N2O2S/c1-2-7-6-11(3-4-13-7)9(12)5-8(10)14/h7H,2-6H2,1H3,(H2,10,14). The topological polar surface area (TPSA) is 55.6 Å². The van der Waals surface area contributed by atoms with Crippen LogP contribution in [0.2, 0.25) is 0 Å². The predicted molar refractivity (Wildman–Crippen MR) is 58.0 cm³/mol. The Kier molecular flexibility index (Phi) is 4.28. The molecular formula is C9H16N2O2S. The molecule has 0 radical (unpaired) electrons. The Morgan fingerprint density at radius 1 is 1.71 bits per heavy atom. The number of carbonyl (C=O) groups is 1. The zero-order chi connectivity index (χ0) is 10.6. The molecule has 14 heavy (non-hydrogen) atoms. The van der Waals surface area contributed by atoms with E-state index in [0.717, 1.165) is 6.42 Å². The molecule has 80 valence electrons. The molecule has 0 aromatic carbocycles. The molecule has 2 N–H and O–H groups in total. The summed E-state index contributed by atoms with van der Waals surface area (Å²) in [6.45, 7) is 3.98. The highest BCUT2D eigenvalue weighted by molar-refractivity contribution is 7.80. The molecule has 0 spiro atoms. The molecule has 0 saturated carbocycles. The fraction of sp³-hybridized carbons (Fsp3) is 0.778. The Morgan fingerprint density at radius 3 is 3.00 bits per heavy atom. The lowest BCUT2D eigenvalue weighted by atomic mass is 10.2. The van der Waals surface area contributed by atoms with Crippen LogP contribution in [0.5, 0.6) is 0 Å². The molecule has 0 aromatic rings. The van der Waals surface area contributed by atoms with Gasteiger partial charge in [-0.2, -0.15) is 0 Å². The van der Waals surface area contributed by atoms with Gasteiger partial charge < -0.3 is 15.4 Å². The van der Waals surface area contributed by atoms with Crippen molar-refractivity contribution < 1.29 is 9.53 Å². The Labute approximate surface area is 89.4 Å². The summed E-state index contributed by atoms with van der Waals surface area (Å²) < 4.78 is 5.45. The Balaban J connectivity index is 2.43. The monoisotopic (exact) mass is 216 g/mol. The van der Waals surface area contributed by atoms with Crippen molar-refractivity contribution in [3.8, 4) is 0 Å². The summed E-state index contributed by atoms with van der Waals surface area (Å²) in [5.74, 6) is 0.0132. The van der Waals surface area contributed by atoms with Crippen LogP contribution in [0.15, 0.2) is 0 Å². The number of nitrogens with zero attached hydrogens (tertiary/aromatic N) is 1. The minimum atomic E-state index is 0.0132. The molecule has 0 aromatic heterocycles. The van der Waals surface area contributed by atoms with E-state index in [1.807, 2.05) is 6.92 Å². The van der Waals surface area contributed by atoms with Gasteiger partial charge in [0.15, 0.2) is 0 Å². The highest BCUT2D eigenvalue weighted by Crippen LogP contribution is 2.09. The molecule has 5 heteroatoms. The second-order valence-corrected chi connectivity index (χ2v) is 3.91. The summed E-state index contributed by atoms with van der Waals surface area (Å²) >= 11 is 4.70. The molecule has 1 fully saturated rings. The van der Waals surface area contributed by atoms with Crippen LogP contribution in [0, 0.1) is 0 Å². The average Bonchev–Trinajstić information content (AvgIpc) is 2.17. The van der Waals surface area contributed by atoms with E-state index in [-0.39, 0.29) is 23.4 Å². The van der Waals surface area contributed by atoms with Crippen molar-refractivity contribution in [2.45, 2.75) is 25.9 Å². The van der Waals surface area contributed by atoms with Crippen molar-refractivity contribution >= 4 is 23.1 Å². The van der Waals surface area contributed by atoms with E-state index >= 15 is 0 Å². The lowest BCUT2D eigenvalue weighted by molar-refractivity contribution is -0.137. The number of rotatable bonds is 3. The normalized spacial score (nSPS) is 22.1. The maximum Gasteiger partial charge on any atom is 0.229 e. The predicted octanol–water partition coefficient (Wildman–Crippen LogP) is 0.300. The quantitative estimate of drug-likeness (QED) is 0.689. The lowest BCUT2D eigenvalue weighted by Crippen LogP contribution is -2.46. The lowest BCUT2D eigenvalue weighted by Gasteiger charge is -2.32. The van der Waals surface area contributed by atoms with E-state index in [4.69, 9.17) is 22.7 Å². The highest BCUT2D eigenvalue weighted by Gasteiger charge is 2.22. The summed E-state index contributed by atoms with van der Waals surface area (Å²) in [5.41, 5.74) is 5.32. The first-order chi connectivity index (χ1) is 6.63. The Bertz CT molecular complexity index is 233. The van der Waals surface area contributed by atoms with E-state index in [1.165, 1.54) is 0 Å². The van der Waals surface area contributed by atoms with Gasteiger partial charge in [-0.05, 0) is 6.42 Å². The van der Waals surface area contributed by atoms with E-state index in [2.05, 4.69) is 0 Å². The van der Waals surface area contributed by atoms with Gasteiger partial charge in [0.1, 0.15) is 0 Å². The molecule has 0 bridgehead atoms. The van der Waals surface area contributed by atoms with Crippen LogP contribution in [0.4, 0.5) is 0 Å². The van der Waals surface area contributed by atoms with Crippen LogP contribution in [-0.2, 0) is 9.53 Å². The summed E-state index contributed by atoms with van der Waals surface area (Å²) in [6, 6.07) is 0. The number of thiocarbonyl (C=S) groups is 1. The average molecular weight is 216 g/mol. The SMILES string of the molecule is CCC1CN(C(=O)CC(N)=S)CCO1. The van der Waals surface area contributed by atoms with Crippen molar-refractivity contribution in [2.75, 3.05) is 19.7 Å². The molecular weight excluding hydrogens is 200 g/mol. The highest BCUT2D eigenvalue weighted by atomic mass is 32.1. The first-order valence-electron chi connectivity index (χ1n) is 4.81. The summed E-state index contributed by atoms with van der Waals surface area (Å²) in [7, 11) is 0. The van der Waals surface area contributed by atoms with Crippen LogP contribution in [0.3, 0.4) is 0 Å². The first kappa shape index (κ1) is 11.4. The number of hydrogen-bond acceptors (Lipinski definition) is 3. The fourth-order valence-electron chi connectivity index (χ4n) is 1.45. The van der Waals surface area contributed by atoms with E-state index in [1.54, 1.807) is 4.90 Å². The van der Waals surface area contributed by atoms with Crippen molar-refractivity contribution in [2.24, 2.45) is 5.73 Å². The van der Waals surface area contributed by atoms with Crippen LogP contribution in [0.1, 0.15) is 19.8 Å². The number of nitrogens with two attached hydrogens (primary N) is 1. The van der Waals surface area contributed by atoms with Crippen molar-refractivity contribution in [1.82, 2.24) is 4.90 Å². The van der Waals surface area contributed by atoms with E-state index in [0.29, 0.717) is 19.7 Å². The van der Waals surface area contributed by atoms with Gasteiger partial charge in [0.2, 0.25) is 5.91 Å². The first-order valence-corrected chi connectivity index (χ1v) is 5.22. The van der Waals surface area contributed by atoms with Gasteiger partial charge in [0, 0.05) is 13.1 Å². The van der Waals surface area contributed by atoms with Crippen LogP contribution in [0.25, 0.3) is 0 Å². The van der Waals surface area contributed by atoms with Gasteiger partial charge in [-0.1, -0.05) is 19.1 Å². The van der Waals surface area contributed by atoms with E-state index in [9.17, 15) is 4.79 Å². The molecule has 0 aliphatic carbocycles. The molecule has 4 nitrogen and oxygen atoms in total. The van der Waals surface area contributed by atoms with Gasteiger partial charge in [-0.25, -0.2) is 0 Å². The number of hydrogen-bond donors (Lipinski definition) is 1. The molecule has 1 heterocycles. The smallest absolute Gasteiger partial charge is 0.229 e. The minimum absolute atomic E-state index is 0.0132. The molecule has 1 unspecified atom stereocenters. The summed E-state index contributed by atoms with van der Waals surface area (Å²) in [5, 5.41) is 0. The zero-order valence-electron chi connectivity index (χ0n) is 8.36. The molecule has 1 aliphatic heterocycles. The fourth-order valence-corrected chi connectivity index (χ4v) is 1.58. The van der Waals surface area contributed by atoms with Gasteiger partial charge in [0.25, 0.3) is 0 Å². The van der Waals surface area contributed by atoms with Gasteiger partial charge >= 0.3 is 0 Å². The second-order valence-electron chi connectivity index (χ2n) is 3.38. The van der Waals surface area contributed by atoms with Crippen molar-refractivity contribution in [1.29, 1.82) is 0 Å². The maximum absolute atomic E-state index is 11.6. The maximum atomic E-state index is 11.6. The molecule has 1 atom stereocenters. The zero-order valence-corrected chi connectivity index (χ0v) is 9.18. The van der Waals surface area contributed by atoms with Gasteiger partial charge in [0.05, 0.1) is 24.1 Å². The van der Waals surface area contributed by atoms with Gasteiger partial charge in [-0.15, -0.1) is 0 Å². The largest absolute Gasteiger partial charge is 0.393 e. The second kappa shape index (κ2) is 5.26. The summed E-state index contributed by atoms with van der Waals surface area (Å²) in [6.07, 6.45) is 1.27. The van der Waals surface area contributed by atoms with Crippen molar-refractivity contribution in [3.05, 3.63) is 0 Å². The molecule has 1 saturated heterocycles. The van der Waals surface area contributed by atoms with Crippen molar-refractivity contribution in [3.63, 3.8) is 0 Å². The van der Waals surface area contributed by atoms with Gasteiger partial charge in [-0.3, -0.25) is 4.79 Å². The number of carbonyl (C=O) groups excluding carboxylic acids is 1. The third-order valence-electron chi connectivity index (χ3n) is 2.27. The third kappa shape index (κ3) is 3.23. The third-order valence-corrected chi connectivity index (χ3v) is 2.42. The summed E-state index contributed by atoms with van der Waals surface area (Å²) in [4.78, 5) is 13.6.